The van der Waals surface area contributed by atoms with E-state index >= 15 is 0 Å². The standard InChI is InChI=1S/C18H21N3O5S/c1-12-17(13(2)25-19-12)27(22,23)21-9-8-18(11-21)10-16(20-26-18)14-4-6-15(24-3)7-5-14/h4-7H,8-11H2,1-3H3. The number of aromatic nitrogens is 1. The monoisotopic (exact) mass is 391 g/mol. The molecule has 1 spiro atoms. The Morgan fingerprint density at radius 1 is 1.30 bits per heavy atom. The SMILES string of the molecule is COc1ccc(C2=NOC3(CCN([S+](=O)([O-])c4c(C)noc4C)C3)C2)cc1. The first-order chi connectivity index (χ1) is 12.8. The predicted octanol–water partition coefficient (Wildman–Crippen LogP) is 2.47. The first-order valence-electron chi connectivity index (χ1n) is 8.67. The Morgan fingerprint density at radius 3 is 2.67 bits per heavy atom. The van der Waals surface area contributed by atoms with Crippen LogP contribution in [0.5, 0.6) is 5.75 Å². The van der Waals surface area contributed by atoms with Crippen LogP contribution >= 0.6 is 0 Å². The van der Waals surface area contributed by atoms with E-state index in [0.29, 0.717) is 30.8 Å². The van der Waals surface area contributed by atoms with Gasteiger partial charge in [0.2, 0.25) is 4.90 Å². The molecule has 0 N–H and O–H groups in total. The van der Waals surface area contributed by atoms with Gasteiger partial charge in [-0.25, -0.2) is 0 Å². The molecule has 0 aliphatic carbocycles. The van der Waals surface area contributed by atoms with E-state index < -0.39 is 16.0 Å². The molecule has 3 heterocycles. The molecule has 2 atom stereocenters. The first kappa shape index (κ1) is 18.1. The molecule has 0 amide bonds. The molecule has 1 fully saturated rings. The van der Waals surface area contributed by atoms with Gasteiger partial charge in [0.05, 0.1) is 19.4 Å². The average Bonchev–Trinajstić information content (AvgIpc) is 3.36. The van der Waals surface area contributed by atoms with Gasteiger partial charge in [-0.1, -0.05) is 14.5 Å². The van der Waals surface area contributed by atoms with Crippen LogP contribution < -0.4 is 4.74 Å². The maximum Gasteiger partial charge on any atom is 0.240 e. The van der Waals surface area contributed by atoms with E-state index in [1.54, 1.807) is 21.0 Å². The molecule has 2 aromatic rings. The molecular formula is C18H21N3O5S. The summed E-state index contributed by atoms with van der Waals surface area (Å²) in [5.41, 5.74) is 1.51. The highest BCUT2D eigenvalue weighted by molar-refractivity contribution is 7.95. The molecule has 1 saturated heterocycles. The summed E-state index contributed by atoms with van der Waals surface area (Å²) < 4.78 is 37.7. The fourth-order valence-corrected chi connectivity index (χ4v) is 5.47. The van der Waals surface area contributed by atoms with Crippen molar-refractivity contribution in [1.29, 1.82) is 0 Å². The molecule has 0 bridgehead atoms. The van der Waals surface area contributed by atoms with E-state index in [1.807, 2.05) is 24.3 Å². The Kier molecular flexibility index (Phi) is 4.32. The minimum atomic E-state index is -3.68. The van der Waals surface area contributed by atoms with Gasteiger partial charge in [-0.2, -0.15) is 0 Å². The third kappa shape index (κ3) is 3.05. The van der Waals surface area contributed by atoms with Crippen molar-refractivity contribution in [2.45, 2.75) is 37.2 Å². The lowest BCUT2D eigenvalue weighted by atomic mass is 9.93. The van der Waals surface area contributed by atoms with Crippen LogP contribution in [0.25, 0.3) is 0 Å². The predicted molar refractivity (Wildman–Crippen MR) is 97.2 cm³/mol. The quantitative estimate of drug-likeness (QED) is 0.742. The van der Waals surface area contributed by atoms with Gasteiger partial charge in [0.1, 0.15) is 11.4 Å². The summed E-state index contributed by atoms with van der Waals surface area (Å²) in [4.78, 5) is 5.89. The highest BCUT2D eigenvalue weighted by Crippen LogP contribution is 2.40. The molecule has 27 heavy (non-hydrogen) atoms. The van der Waals surface area contributed by atoms with Gasteiger partial charge in [-0.05, 0) is 36.8 Å². The third-order valence-corrected chi connectivity index (χ3v) is 7.20. The number of methoxy groups -OCH3 is 1. The van der Waals surface area contributed by atoms with Crippen molar-refractivity contribution in [2.24, 2.45) is 5.16 Å². The van der Waals surface area contributed by atoms with Gasteiger partial charge in [-0.3, -0.25) is 0 Å². The lowest BCUT2D eigenvalue weighted by Gasteiger charge is -2.25. The summed E-state index contributed by atoms with van der Waals surface area (Å²) in [5, 5.41) is 8.00. The number of aryl methyl sites for hydroxylation is 2. The van der Waals surface area contributed by atoms with Crippen molar-refractivity contribution in [3.05, 3.63) is 41.3 Å². The maximum absolute atomic E-state index is 13.0. The van der Waals surface area contributed by atoms with Gasteiger partial charge in [0, 0.05) is 26.3 Å². The minimum Gasteiger partial charge on any atom is -0.593 e. The van der Waals surface area contributed by atoms with Gasteiger partial charge in [0.25, 0.3) is 0 Å². The van der Waals surface area contributed by atoms with Crippen molar-refractivity contribution in [1.82, 2.24) is 9.46 Å². The smallest absolute Gasteiger partial charge is 0.240 e. The van der Waals surface area contributed by atoms with Crippen LogP contribution in [0.15, 0.2) is 38.8 Å². The van der Waals surface area contributed by atoms with Crippen LogP contribution in [0.1, 0.15) is 29.9 Å². The van der Waals surface area contributed by atoms with E-state index in [9.17, 15) is 8.76 Å². The number of hydrogen-bond acceptors (Lipinski definition) is 7. The number of hydrogen-bond donors (Lipinski definition) is 0. The molecule has 9 heteroatoms. The largest absolute Gasteiger partial charge is 0.593 e. The fraction of sp³-hybridized carbons (Fsp3) is 0.444. The van der Waals surface area contributed by atoms with E-state index in [1.165, 1.54) is 4.31 Å². The Bertz CT molecular complexity index is 919. The number of rotatable bonds is 4. The third-order valence-electron chi connectivity index (χ3n) is 5.11. The normalized spacial score (nSPS) is 24.7. The molecule has 1 aromatic carbocycles. The van der Waals surface area contributed by atoms with Gasteiger partial charge in [-0.15, -0.1) is 4.31 Å². The van der Waals surface area contributed by atoms with E-state index in [2.05, 4.69) is 10.3 Å². The van der Waals surface area contributed by atoms with Crippen LogP contribution in [-0.4, -0.2) is 45.5 Å². The van der Waals surface area contributed by atoms with Crippen LogP contribution in [0.4, 0.5) is 0 Å². The topological polar surface area (TPSA) is 100 Å². The van der Waals surface area contributed by atoms with Gasteiger partial charge in [0.15, 0.2) is 21.8 Å². The Labute approximate surface area is 158 Å². The molecular weight excluding hydrogens is 370 g/mol. The highest BCUT2D eigenvalue weighted by atomic mass is 32.3. The van der Waals surface area contributed by atoms with Crippen molar-refractivity contribution in [3.8, 4) is 5.75 Å². The van der Waals surface area contributed by atoms with Gasteiger partial charge < -0.3 is 18.7 Å². The molecule has 144 valence electrons. The van der Waals surface area contributed by atoms with Crippen LogP contribution in [0.2, 0.25) is 0 Å². The lowest BCUT2D eigenvalue weighted by molar-refractivity contribution is -0.00604. The average molecular weight is 391 g/mol. The van der Waals surface area contributed by atoms with Crippen molar-refractivity contribution < 1.29 is 22.9 Å². The molecule has 8 nitrogen and oxygen atoms in total. The number of sulfonamides is 1. The zero-order valence-corrected chi connectivity index (χ0v) is 16.2. The second-order valence-electron chi connectivity index (χ2n) is 6.96. The zero-order valence-electron chi connectivity index (χ0n) is 15.4. The maximum atomic E-state index is 13.0. The van der Waals surface area contributed by atoms with E-state index in [0.717, 1.165) is 17.0 Å². The van der Waals surface area contributed by atoms with Crippen molar-refractivity contribution in [2.75, 3.05) is 20.2 Å². The summed E-state index contributed by atoms with van der Waals surface area (Å²) in [7, 11) is -2.06. The van der Waals surface area contributed by atoms with E-state index in [4.69, 9.17) is 14.1 Å². The second kappa shape index (κ2) is 6.43. The second-order valence-corrected chi connectivity index (χ2v) is 8.83. The number of benzene rings is 1. The highest BCUT2D eigenvalue weighted by Gasteiger charge is 2.52. The first-order valence-corrected chi connectivity index (χ1v) is 10.1. The minimum absolute atomic E-state index is 0.147. The molecule has 1 aromatic heterocycles. The molecule has 0 saturated carbocycles. The van der Waals surface area contributed by atoms with Gasteiger partial charge >= 0.3 is 0 Å². The molecule has 2 aliphatic heterocycles. The number of ether oxygens (including phenoxy) is 1. The molecule has 0 radical (unpaired) electrons. The summed E-state index contributed by atoms with van der Waals surface area (Å²) in [6.07, 6.45) is 1.14. The summed E-state index contributed by atoms with van der Waals surface area (Å²) >= 11 is 0. The summed E-state index contributed by atoms with van der Waals surface area (Å²) in [5.74, 6) is 1.07. The summed E-state index contributed by atoms with van der Waals surface area (Å²) in [6, 6.07) is 7.58. The Balaban J connectivity index is 1.51. The zero-order chi connectivity index (χ0) is 19.2. The Hall–Kier alpha value is -2.23. The summed E-state index contributed by atoms with van der Waals surface area (Å²) in [6.45, 7) is 3.86. The Morgan fingerprint density at radius 2 is 2.04 bits per heavy atom. The van der Waals surface area contributed by atoms with Crippen LogP contribution in [-0.2, 0) is 19.4 Å². The van der Waals surface area contributed by atoms with Crippen LogP contribution in [0.3, 0.4) is 0 Å². The lowest BCUT2D eigenvalue weighted by Crippen LogP contribution is -2.39. The van der Waals surface area contributed by atoms with Crippen molar-refractivity contribution in [3.63, 3.8) is 0 Å². The van der Waals surface area contributed by atoms with Crippen molar-refractivity contribution >= 4 is 16.1 Å². The number of nitrogens with zero attached hydrogens (tertiary/aromatic N) is 3. The van der Waals surface area contributed by atoms with E-state index in [-0.39, 0.29) is 11.4 Å². The fourth-order valence-electron chi connectivity index (χ4n) is 3.66. The molecule has 4 rings (SSSR count). The molecule has 2 aliphatic rings. The number of oxime groups is 1. The van der Waals surface area contributed by atoms with Crippen LogP contribution in [0, 0.1) is 13.8 Å². The molecule has 2 unspecified atom stereocenters.